The maximum Gasteiger partial charge on any atom is 0.433 e. The number of hydrogen-bond donors (Lipinski definition) is 1. The van der Waals surface area contributed by atoms with Crippen molar-refractivity contribution in [2.24, 2.45) is 0 Å². The second-order valence-corrected chi connectivity index (χ2v) is 7.51. The number of pyridine rings is 1. The summed E-state index contributed by atoms with van der Waals surface area (Å²) < 4.78 is 49.4. The Hall–Kier alpha value is -0.950. The van der Waals surface area contributed by atoms with Crippen molar-refractivity contribution in [3.05, 3.63) is 29.6 Å². The molecule has 0 aliphatic carbocycles. The monoisotopic (exact) mass is 305 g/mol. The topological polar surface area (TPSA) is 50.2 Å². The first-order chi connectivity index (χ1) is 9.29. The van der Waals surface area contributed by atoms with E-state index in [1.807, 2.05) is 0 Å². The Morgan fingerprint density at radius 3 is 2.30 bits per heavy atom. The van der Waals surface area contributed by atoms with Gasteiger partial charge in [-0.15, -0.1) is 0 Å². The van der Waals surface area contributed by atoms with Gasteiger partial charge < -0.3 is 5.11 Å². The minimum atomic E-state index is -4.48. The number of halogens is 3. The van der Waals surface area contributed by atoms with E-state index in [9.17, 15) is 22.5 Å². The smallest absolute Gasteiger partial charge is 0.385 e. The zero-order valence-electron chi connectivity index (χ0n) is 10.6. The van der Waals surface area contributed by atoms with Gasteiger partial charge in [-0.25, -0.2) is 0 Å². The molecular formula is C13H14F3NO2S. The van der Waals surface area contributed by atoms with Gasteiger partial charge >= 0.3 is 6.18 Å². The number of hydrogen-bond acceptors (Lipinski definition) is 3. The minimum Gasteiger partial charge on any atom is -0.385 e. The van der Waals surface area contributed by atoms with E-state index < -0.39 is 28.3 Å². The molecule has 110 valence electrons. The predicted molar refractivity (Wildman–Crippen MR) is 67.3 cm³/mol. The first-order valence-corrected chi connectivity index (χ1v) is 7.73. The van der Waals surface area contributed by atoms with Crippen molar-refractivity contribution in [1.82, 2.24) is 4.98 Å². The van der Waals surface area contributed by atoms with E-state index in [2.05, 4.69) is 4.98 Å². The van der Waals surface area contributed by atoms with Crippen LogP contribution in [0.3, 0.4) is 0 Å². The first-order valence-electron chi connectivity index (χ1n) is 6.45. The lowest BCUT2D eigenvalue weighted by Crippen LogP contribution is -2.40. The number of alkyl halides is 3. The second-order valence-electron chi connectivity index (χ2n) is 5.52. The molecule has 2 aliphatic heterocycles. The van der Waals surface area contributed by atoms with Gasteiger partial charge in [0.15, 0.2) is 0 Å². The second kappa shape index (κ2) is 4.53. The van der Waals surface area contributed by atoms with E-state index >= 15 is 0 Å². The van der Waals surface area contributed by atoms with Crippen LogP contribution in [0.25, 0.3) is 0 Å². The number of nitrogens with zero attached hydrogens (tertiary/aromatic N) is 1. The minimum absolute atomic E-state index is 0.0546. The highest BCUT2D eigenvalue weighted by atomic mass is 32.2. The van der Waals surface area contributed by atoms with Gasteiger partial charge in [0.05, 0.1) is 5.60 Å². The fraction of sp³-hybridized carbons (Fsp3) is 0.615. The number of rotatable bonds is 1. The zero-order chi connectivity index (χ0) is 14.5. The quantitative estimate of drug-likeness (QED) is 0.866. The van der Waals surface area contributed by atoms with Crippen LogP contribution in [-0.2, 0) is 22.6 Å². The summed E-state index contributed by atoms with van der Waals surface area (Å²) in [6.07, 6.45) is -1.08. The number of fused-ring (bicyclic) bond motifs is 2. The van der Waals surface area contributed by atoms with Gasteiger partial charge in [-0.05, 0) is 31.7 Å². The standard InChI is InChI=1S/C13H14F3NO2S/c14-13(15,16)11-4-1-8(7-17-11)12(18)5-9-2-3-10(6-12)20(9)19/h1,4,7,9-10,18H,2-3,5-6H2. The number of aromatic nitrogens is 1. The summed E-state index contributed by atoms with van der Waals surface area (Å²) in [5.41, 5.74) is -1.78. The SMILES string of the molecule is O=S1C2CCC1CC(O)(c1ccc(C(F)(F)F)nc1)C2. The van der Waals surface area contributed by atoms with Gasteiger partial charge in [0, 0.05) is 33.1 Å². The van der Waals surface area contributed by atoms with E-state index in [1.54, 1.807) is 0 Å². The van der Waals surface area contributed by atoms with Crippen LogP contribution in [0.4, 0.5) is 13.2 Å². The molecule has 1 aromatic rings. The zero-order valence-corrected chi connectivity index (χ0v) is 11.4. The molecule has 3 rings (SSSR count). The fourth-order valence-corrected chi connectivity index (χ4v) is 5.31. The first kappa shape index (κ1) is 14.0. The molecule has 0 amide bonds. The third kappa shape index (κ3) is 2.26. The van der Waals surface area contributed by atoms with Crippen molar-refractivity contribution >= 4 is 10.8 Å². The largest absolute Gasteiger partial charge is 0.433 e. The summed E-state index contributed by atoms with van der Waals surface area (Å²) in [5.74, 6) is 0. The van der Waals surface area contributed by atoms with Crippen LogP contribution in [0.5, 0.6) is 0 Å². The van der Waals surface area contributed by atoms with E-state index in [0.29, 0.717) is 18.4 Å². The molecule has 0 spiro atoms. The van der Waals surface area contributed by atoms with Gasteiger partial charge in [-0.1, -0.05) is 6.07 Å². The Labute approximate surface area is 116 Å². The lowest BCUT2D eigenvalue weighted by molar-refractivity contribution is -0.141. The average molecular weight is 305 g/mol. The van der Waals surface area contributed by atoms with Crippen molar-refractivity contribution in [3.8, 4) is 0 Å². The van der Waals surface area contributed by atoms with Gasteiger partial charge in [0.25, 0.3) is 0 Å². The summed E-state index contributed by atoms with van der Waals surface area (Å²) in [5, 5.41) is 10.6. The van der Waals surface area contributed by atoms with Gasteiger partial charge in [-0.2, -0.15) is 13.2 Å². The van der Waals surface area contributed by atoms with E-state index in [0.717, 1.165) is 25.1 Å². The third-order valence-electron chi connectivity index (χ3n) is 4.19. The Balaban J connectivity index is 1.88. The summed E-state index contributed by atoms with van der Waals surface area (Å²) >= 11 is 0. The van der Waals surface area contributed by atoms with E-state index in [1.165, 1.54) is 6.07 Å². The summed E-state index contributed by atoms with van der Waals surface area (Å²) in [7, 11) is -0.918. The molecule has 3 nitrogen and oxygen atoms in total. The molecule has 0 aromatic carbocycles. The Kier molecular flexibility index (Phi) is 3.17. The van der Waals surface area contributed by atoms with Gasteiger partial charge in [-0.3, -0.25) is 9.19 Å². The van der Waals surface area contributed by atoms with Gasteiger partial charge in [0.1, 0.15) is 5.69 Å². The maximum atomic E-state index is 12.5. The van der Waals surface area contributed by atoms with Crippen LogP contribution in [0.2, 0.25) is 0 Å². The molecule has 1 aromatic heterocycles. The molecule has 0 saturated carbocycles. The van der Waals surface area contributed by atoms with Crippen LogP contribution in [-0.4, -0.2) is 24.8 Å². The Morgan fingerprint density at radius 1 is 1.25 bits per heavy atom. The lowest BCUT2D eigenvalue weighted by atomic mass is 9.87. The highest BCUT2D eigenvalue weighted by molar-refractivity contribution is 7.86. The fourth-order valence-electron chi connectivity index (χ4n) is 3.15. The molecule has 2 saturated heterocycles. The Bertz CT molecular complexity index is 528. The normalized spacial score (nSPS) is 37.1. The van der Waals surface area contributed by atoms with Crippen molar-refractivity contribution in [1.29, 1.82) is 0 Å². The molecule has 3 heterocycles. The van der Waals surface area contributed by atoms with Crippen LogP contribution in [0.15, 0.2) is 18.3 Å². The summed E-state index contributed by atoms with van der Waals surface area (Å²) in [6, 6.07) is 2.17. The third-order valence-corrected chi connectivity index (χ3v) is 6.31. The van der Waals surface area contributed by atoms with E-state index in [-0.39, 0.29) is 10.5 Å². The summed E-state index contributed by atoms with van der Waals surface area (Å²) in [6.45, 7) is 0. The lowest BCUT2D eigenvalue weighted by Gasteiger charge is -2.36. The van der Waals surface area contributed by atoms with E-state index in [4.69, 9.17) is 0 Å². The van der Waals surface area contributed by atoms with Crippen molar-refractivity contribution in [2.45, 2.75) is 48.0 Å². The summed E-state index contributed by atoms with van der Waals surface area (Å²) in [4.78, 5) is 3.40. The molecule has 7 heteroatoms. The molecular weight excluding hydrogens is 291 g/mol. The number of aliphatic hydroxyl groups is 1. The van der Waals surface area contributed by atoms with Crippen LogP contribution in [0, 0.1) is 0 Å². The van der Waals surface area contributed by atoms with Crippen LogP contribution >= 0.6 is 0 Å². The van der Waals surface area contributed by atoms with Crippen LogP contribution < -0.4 is 0 Å². The molecule has 2 atom stereocenters. The molecule has 2 unspecified atom stereocenters. The van der Waals surface area contributed by atoms with Crippen molar-refractivity contribution in [2.75, 3.05) is 0 Å². The molecule has 1 N–H and O–H groups in total. The van der Waals surface area contributed by atoms with Crippen LogP contribution in [0.1, 0.15) is 36.9 Å². The van der Waals surface area contributed by atoms with Crippen molar-refractivity contribution in [3.63, 3.8) is 0 Å². The maximum absolute atomic E-state index is 12.5. The van der Waals surface area contributed by atoms with Crippen molar-refractivity contribution < 1.29 is 22.5 Å². The molecule has 2 fully saturated rings. The molecule has 0 radical (unpaired) electrons. The molecule has 20 heavy (non-hydrogen) atoms. The predicted octanol–water partition coefficient (Wildman–Crippen LogP) is 2.36. The average Bonchev–Trinajstić information content (AvgIpc) is 2.62. The highest BCUT2D eigenvalue weighted by Crippen LogP contribution is 2.45. The molecule has 2 bridgehead atoms. The molecule has 2 aliphatic rings. The van der Waals surface area contributed by atoms with Gasteiger partial charge in [0.2, 0.25) is 0 Å². The highest BCUT2D eigenvalue weighted by Gasteiger charge is 2.48. The Morgan fingerprint density at radius 2 is 1.85 bits per heavy atom.